The van der Waals surface area contributed by atoms with E-state index in [-0.39, 0.29) is 11.7 Å². The fraction of sp³-hybridized carbons (Fsp3) is 0.235. The van der Waals surface area contributed by atoms with E-state index in [9.17, 15) is 4.79 Å². The Bertz CT molecular complexity index is 875. The molecule has 0 fully saturated rings. The summed E-state index contributed by atoms with van der Waals surface area (Å²) in [5.41, 5.74) is 3.20. The minimum absolute atomic E-state index is 0.113. The summed E-state index contributed by atoms with van der Waals surface area (Å²) < 4.78 is 6.54. The van der Waals surface area contributed by atoms with Crippen LogP contribution < -0.4 is 4.74 Å². The van der Waals surface area contributed by atoms with E-state index in [1.54, 1.807) is 13.3 Å². The SMILES string of the molecule is COc1ccc(-c2cnc(SCC(=O)n3nc(C)cc3C)nn2)cc1. The fourth-order valence-corrected chi connectivity index (χ4v) is 2.89. The Morgan fingerprint density at radius 3 is 2.52 bits per heavy atom. The number of hydrogen-bond acceptors (Lipinski definition) is 7. The van der Waals surface area contributed by atoms with Crippen LogP contribution in [0.25, 0.3) is 11.3 Å². The molecule has 8 heteroatoms. The van der Waals surface area contributed by atoms with Crippen LogP contribution in [-0.2, 0) is 0 Å². The quantitative estimate of drug-likeness (QED) is 0.651. The minimum Gasteiger partial charge on any atom is -0.497 e. The number of rotatable bonds is 5. The highest BCUT2D eigenvalue weighted by atomic mass is 32.2. The minimum atomic E-state index is -0.113. The van der Waals surface area contributed by atoms with Gasteiger partial charge in [-0.1, -0.05) is 11.8 Å². The molecule has 128 valence electrons. The van der Waals surface area contributed by atoms with Crippen molar-refractivity contribution in [1.82, 2.24) is 25.0 Å². The average molecular weight is 355 g/mol. The fourth-order valence-electron chi connectivity index (χ4n) is 2.29. The highest BCUT2D eigenvalue weighted by Gasteiger charge is 2.12. The van der Waals surface area contributed by atoms with E-state index in [2.05, 4.69) is 20.3 Å². The predicted octanol–water partition coefficient (Wildman–Crippen LogP) is 2.79. The van der Waals surface area contributed by atoms with Crippen LogP contribution in [0.1, 0.15) is 16.2 Å². The number of methoxy groups -OCH3 is 1. The molecule has 0 spiro atoms. The molecule has 0 saturated heterocycles. The van der Waals surface area contributed by atoms with E-state index in [0.29, 0.717) is 10.9 Å². The molecule has 1 aromatic carbocycles. The Kier molecular flexibility index (Phi) is 5.08. The van der Waals surface area contributed by atoms with Gasteiger partial charge in [-0.3, -0.25) is 4.79 Å². The molecule has 0 aliphatic rings. The van der Waals surface area contributed by atoms with Crippen molar-refractivity contribution < 1.29 is 9.53 Å². The van der Waals surface area contributed by atoms with E-state index in [1.165, 1.54) is 16.4 Å². The van der Waals surface area contributed by atoms with Gasteiger partial charge in [0.1, 0.15) is 11.4 Å². The lowest BCUT2D eigenvalue weighted by Crippen LogP contribution is -2.16. The van der Waals surface area contributed by atoms with Gasteiger partial charge in [0, 0.05) is 11.3 Å². The number of aromatic nitrogens is 5. The first-order chi connectivity index (χ1) is 12.1. The van der Waals surface area contributed by atoms with Gasteiger partial charge in [0.25, 0.3) is 5.91 Å². The molecule has 0 saturated carbocycles. The van der Waals surface area contributed by atoms with Crippen LogP contribution >= 0.6 is 11.8 Å². The zero-order valence-electron chi connectivity index (χ0n) is 14.1. The van der Waals surface area contributed by atoms with Gasteiger partial charge in [0.2, 0.25) is 5.16 Å². The van der Waals surface area contributed by atoms with Crippen molar-refractivity contribution in [3.63, 3.8) is 0 Å². The third-order valence-corrected chi connectivity index (χ3v) is 4.33. The molecule has 25 heavy (non-hydrogen) atoms. The van der Waals surface area contributed by atoms with Gasteiger partial charge in [-0.15, -0.1) is 10.2 Å². The van der Waals surface area contributed by atoms with Crippen LogP contribution in [0.4, 0.5) is 0 Å². The first-order valence-corrected chi connectivity index (χ1v) is 8.59. The van der Waals surface area contributed by atoms with Gasteiger partial charge < -0.3 is 4.74 Å². The van der Waals surface area contributed by atoms with Gasteiger partial charge in [-0.05, 0) is 44.2 Å². The summed E-state index contributed by atoms with van der Waals surface area (Å²) in [4.78, 5) is 16.5. The number of ether oxygens (including phenoxy) is 1. The molecule has 0 aliphatic carbocycles. The molecule has 0 atom stereocenters. The molecule has 2 aromatic heterocycles. The normalized spacial score (nSPS) is 10.7. The molecule has 3 aromatic rings. The number of benzene rings is 1. The van der Waals surface area contributed by atoms with Crippen LogP contribution in [0.5, 0.6) is 5.75 Å². The first kappa shape index (κ1) is 17.1. The van der Waals surface area contributed by atoms with Crippen molar-refractivity contribution in [2.24, 2.45) is 0 Å². The third-order valence-electron chi connectivity index (χ3n) is 3.50. The molecule has 0 bridgehead atoms. The van der Waals surface area contributed by atoms with E-state index in [0.717, 1.165) is 22.7 Å². The van der Waals surface area contributed by atoms with Crippen molar-refractivity contribution in [2.75, 3.05) is 12.9 Å². The van der Waals surface area contributed by atoms with Crippen LogP contribution in [0.3, 0.4) is 0 Å². The van der Waals surface area contributed by atoms with E-state index in [4.69, 9.17) is 4.74 Å². The van der Waals surface area contributed by atoms with E-state index in [1.807, 2.05) is 44.2 Å². The lowest BCUT2D eigenvalue weighted by molar-refractivity contribution is 0.0924. The molecule has 0 N–H and O–H groups in total. The number of hydrogen-bond donors (Lipinski definition) is 0. The van der Waals surface area contributed by atoms with Crippen molar-refractivity contribution in [2.45, 2.75) is 19.0 Å². The number of nitrogens with zero attached hydrogens (tertiary/aromatic N) is 5. The summed E-state index contributed by atoms with van der Waals surface area (Å²) in [6.07, 6.45) is 1.64. The molecule has 3 rings (SSSR count). The van der Waals surface area contributed by atoms with Crippen molar-refractivity contribution in [3.05, 3.63) is 47.9 Å². The molecular formula is C17H17N5O2S. The van der Waals surface area contributed by atoms with Crippen LogP contribution in [-0.4, -0.2) is 43.7 Å². The maximum Gasteiger partial charge on any atom is 0.257 e. The van der Waals surface area contributed by atoms with Crippen LogP contribution in [0.15, 0.2) is 41.7 Å². The molecule has 0 unspecified atom stereocenters. The number of carbonyl (C=O) groups excluding carboxylic acids is 1. The Morgan fingerprint density at radius 2 is 1.96 bits per heavy atom. The summed E-state index contributed by atoms with van der Waals surface area (Å²) in [6, 6.07) is 9.36. The first-order valence-electron chi connectivity index (χ1n) is 7.60. The summed E-state index contributed by atoms with van der Waals surface area (Å²) in [5, 5.41) is 12.9. The van der Waals surface area contributed by atoms with Crippen LogP contribution in [0, 0.1) is 13.8 Å². The second-order valence-electron chi connectivity index (χ2n) is 5.38. The molecule has 2 heterocycles. The zero-order valence-corrected chi connectivity index (χ0v) is 14.9. The number of carbonyl (C=O) groups is 1. The maximum atomic E-state index is 12.2. The summed E-state index contributed by atoms with van der Waals surface area (Å²) >= 11 is 1.24. The molecule has 0 amide bonds. The molecular weight excluding hydrogens is 338 g/mol. The Labute approximate surface area is 149 Å². The number of aryl methyl sites for hydroxylation is 2. The maximum absolute atomic E-state index is 12.2. The van der Waals surface area contributed by atoms with Gasteiger partial charge in [-0.2, -0.15) is 5.10 Å². The predicted molar refractivity (Wildman–Crippen MR) is 94.9 cm³/mol. The molecule has 0 radical (unpaired) electrons. The van der Waals surface area contributed by atoms with Crippen LogP contribution in [0.2, 0.25) is 0 Å². The standard InChI is InChI=1S/C17H17N5O2S/c1-11-8-12(2)22(21-11)16(23)10-25-17-18-9-15(19-20-17)13-4-6-14(24-3)7-5-13/h4-9H,10H2,1-3H3. The monoisotopic (exact) mass is 355 g/mol. The Balaban J connectivity index is 1.64. The van der Waals surface area contributed by atoms with Crippen molar-refractivity contribution in [1.29, 1.82) is 0 Å². The topological polar surface area (TPSA) is 82.8 Å². The van der Waals surface area contributed by atoms with Gasteiger partial charge in [-0.25, -0.2) is 9.67 Å². The van der Waals surface area contributed by atoms with Crippen molar-refractivity contribution in [3.8, 4) is 17.0 Å². The zero-order chi connectivity index (χ0) is 17.8. The lowest BCUT2D eigenvalue weighted by Gasteiger charge is -2.04. The van der Waals surface area contributed by atoms with E-state index < -0.39 is 0 Å². The Hall–Kier alpha value is -2.74. The summed E-state index contributed by atoms with van der Waals surface area (Å²) in [7, 11) is 1.62. The second kappa shape index (κ2) is 7.43. The highest BCUT2D eigenvalue weighted by molar-refractivity contribution is 7.99. The summed E-state index contributed by atoms with van der Waals surface area (Å²) in [6.45, 7) is 3.71. The highest BCUT2D eigenvalue weighted by Crippen LogP contribution is 2.20. The molecule has 0 aliphatic heterocycles. The van der Waals surface area contributed by atoms with Gasteiger partial charge >= 0.3 is 0 Å². The number of thioether (sulfide) groups is 1. The van der Waals surface area contributed by atoms with Crippen molar-refractivity contribution >= 4 is 17.7 Å². The molecule has 7 nitrogen and oxygen atoms in total. The summed E-state index contributed by atoms with van der Waals surface area (Å²) in [5.74, 6) is 0.865. The second-order valence-corrected chi connectivity index (χ2v) is 6.32. The lowest BCUT2D eigenvalue weighted by atomic mass is 10.2. The van der Waals surface area contributed by atoms with Gasteiger partial charge in [0.15, 0.2) is 0 Å². The largest absolute Gasteiger partial charge is 0.497 e. The van der Waals surface area contributed by atoms with E-state index >= 15 is 0 Å². The smallest absolute Gasteiger partial charge is 0.257 e. The Morgan fingerprint density at radius 1 is 1.20 bits per heavy atom. The third kappa shape index (κ3) is 4.03. The van der Waals surface area contributed by atoms with Gasteiger partial charge in [0.05, 0.1) is 24.8 Å². The average Bonchev–Trinajstić information content (AvgIpc) is 2.98.